The predicted molar refractivity (Wildman–Crippen MR) is 259 cm³/mol. The molecule has 1 aliphatic carbocycles. The first-order valence-corrected chi connectivity index (χ1v) is 21.3. The number of rotatable bonds is 8. The van der Waals surface area contributed by atoms with Crippen molar-refractivity contribution in [2.75, 3.05) is 0 Å². The number of hydrogen-bond donors (Lipinski definition) is 0. The van der Waals surface area contributed by atoms with E-state index in [1.54, 1.807) is 0 Å². The normalized spacial score (nSPS) is 12.4. The lowest BCUT2D eigenvalue weighted by Crippen LogP contribution is -1.97. The molecular formula is C59H41N3. The van der Waals surface area contributed by atoms with E-state index >= 15 is 0 Å². The van der Waals surface area contributed by atoms with E-state index in [1.807, 2.05) is 18.2 Å². The van der Waals surface area contributed by atoms with Crippen LogP contribution in [0.3, 0.4) is 0 Å². The molecule has 8 aromatic carbocycles. The Morgan fingerprint density at radius 1 is 0.323 bits per heavy atom. The van der Waals surface area contributed by atoms with E-state index < -0.39 is 0 Å². The van der Waals surface area contributed by atoms with Gasteiger partial charge in [-0.15, -0.1) is 0 Å². The quantitative estimate of drug-likeness (QED) is 0.144. The number of benzene rings is 8. The Bertz CT molecular complexity index is 3320. The first-order valence-electron chi connectivity index (χ1n) is 21.3. The van der Waals surface area contributed by atoms with Crippen molar-refractivity contribution >= 4 is 27.2 Å². The summed E-state index contributed by atoms with van der Waals surface area (Å²) in [4.78, 5) is 15.9. The first-order chi connectivity index (χ1) is 30.7. The van der Waals surface area contributed by atoms with Gasteiger partial charge in [0.25, 0.3) is 0 Å². The summed E-state index contributed by atoms with van der Waals surface area (Å²) in [5.41, 5.74) is 17.1. The molecular weight excluding hydrogens is 751 g/mol. The van der Waals surface area contributed by atoms with E-state index in [2.05, 4.69) is 206 Å². The van der Waals surface area contributed by atoms with E-state index in [-0.39, 0.29) is 0 Å². The fourth-order valence-electron chi connectivity index (χ4n) is 8.82. The van der Waals surface area contributed by atoms with E-state index in [0.29, 0.717) is 5.82 Å². The molecule has 292 valence electrons. The molecule has 3 heteroatoms. The molecule has 0 saturated carbocycles. The Hall–Kier alpha value is -8.01. The van der Waals surface area contributed by atoms with Crippen LogP contribution >= 0.6 is 0 Å². The van der Waals surface area contributed by atoms with Crippen molar-refractivity contribution in [3.05, 3.63) is 230 Å². The summed E-state index contributed by atoms with van der Waals surface area (Å²) in [5.74, 6) is 0.689. The monoisotopic (exact) mass is 791 g/mol. The lowest BCUT2D eigenvalue weighted by molar-refractivity contribution is 1.04. The molecule has 1 aliphatic rings. The number of hydrogen-bond acceptors (Lipinski definition) is 3. The maximum Gasteiger partial charge on any atom is 0.160 e. The minimum absolute atomic E-state index is 0.689. The van der Waals surface area contributed by atoms with Crippen LogP contribution in [0, 0.1) is 0 Å². The van der Waals surface area contributed by atoms with Crippen LogP contribution in [-0.2, 0) is 0 Å². The van der Waals surface area contributed by atoms with Crippen LogP contribution in [0.2, 0.25) is 0 Å². The summed E-state index contributed by atoms with van der Waals surface area (Å²) in [7, 11) is 0. The SMILES string of the molecule is C1=CC(c2cc(-c3ccccc3)cc(-c3cc(-c4cccc(-c5cc6nc(-c7ccccc7)cc(-c7ccccc7)c6c6ccccc56)c4)nc(-c4ccccc4)n3)c2)=CCC1. The summed E-state index contributed by atoms with van der Waals surface area (Å²) < 4.78 is 0. The second-order valence-corrected chi connectivity index (χ2v) is 15.9. The van der Waals surface area contributed by atoms with Gasteiger partial charge in [0.05, 0.1) is 22.6 Å². The lowest BCUT2D eigenvalue weighted by Gasteiger charge is -2.17. The highest BCUT2D eigenvalue weighted by Crippen LogP contribution is 2.42. The average molecular weight is 792 g/mol. The third-order valence-corrected chi connectivity index (χ3v) is 11.9. The summed E-state index contributed by atoms with van der Waals surface area (Å²) >= 11 is 0. The predicted octanol–water partition coefficient (Wildman–Crippen LogP) is 15.6. The van der Waals surface area contributed by atoms with Gasteiger partial charge in [0, 0.05) is 27.6 Å². The van der Waals surface area contributed by atoms with Gasteiger partial charge in [0.2, 0.25) is 0 Å². The Balaban J connectivity index is 1.10. The Labute approximate surface area is 362 Å². The second-order valence-electron chi connectivity index (χ2n) is 15.9. The van der Waals surface area contributed by atoms with E-state index in [0.717, 1.165) is 79.8 Å². The van der Waals surface area contributed by atoms with Crippen molar-refractivity contribution in [1.29, 1.82) is 0 Å². The van der Waals surface area contributed by atoms with Gasteiger partial charge in [-0.1, -0.05) is 182 Å². The summed E-state index contributed by atoms with van der Waals surface area (Å²) in [5, 5.41) is 3.49. The highest BCUT2D eigenvalue weighted by Gasteiger charge is 2.18. The van der Waals surface area contributed by atoms with Crippen molar-refractivity contribution < 1.29 is 0 Å². The van der Waals surface area contributed by atoms with Crippen LogP contribution in [-0.4, -0.2) is 15.0 Å². The Morgan fingerprint density at radius 3 is 1.58 bits per heavy atom. The molecule has 0 bridgehead atoms. The van der Waals surface area contributed by atoms with Gasteiger partial charge >= 0.3 is 0 Å². The zero-order valence-electron chi connectivity index (χ0n) is 34.1. The highest BCUT2D eigenvalue weighted by atomic mass is 14.9. The van der Waals surface area contributed by atoms with Gasteiger partial charge in [0.15, 0.2) is 5.82 Å². The maximum absolute atomic E-state index is 5.38. The van der Waals surface area contributed by atoms with Crippen molar-refractivity contribution in [3.8, 4) is 78.5 Å². The first kappa shape index (κ1) is 37.0. The van der Waals surface area contributed by atoms with Gasteiger partial charge in [0.1, 0.15) is 0 Å². The van der Waals surface area contributed by atoms with E-state index in [1.165, 1.54) is 38.6 Å². The molecule has 0 atom stereocenters. The number of nitrogens with zero attached hydrogens (tertiary/aromatic N) is 3. The standard InChI is InChI=1S/C59H41N3/c1-6-19-40(20-7-1)47-34-48(41-21-8-2-9-22-41)36-49(35-47)56-39-55(61-59(62-56)44-27-14-5-15-28-44)46-30-18-29-45(33-46)52-37-57-58(51-32-17-16-31-50(51)52)53(42-23-10-3-11-24-42)38-54(60-57)43-25-12-4-13-26-43/h1,3-8,10-39H,2,9H2. The van der Waals surface area contributed by atoms with Crippen molar-refractivity contribution in [1.82, 2.24) is 15.0 Å². The van der Waals surface area contributed by atoms with Crippen LogP contribution in [0.25, 0.3) is 106 Å². The van der Waals surface area contributed by atoms with Crippen LogP contribution in [0.5, 0.6) is 0 Å². The molecule has 0 amide bonds. The van der Waals surface area contributed by atoms with Gasteiger partial charge in [-0.2, -0.15) is 0 Å². The van der Waals surface area contributed by atoms with Gasteiger partial charge in [-0.25, -0.2) is 15.0 Å². The molecule has 0 N–H and O–H groups in total. The molecule has 0 spiro atoms. The molecule has 0 aliphatic heterocycles. The molecule has 0 fully saturated rings. The number of pyridine rings is 1. The summed E-state index contributed by atoms with van der Waals surface area (Å²) in [6.07, 6.45) is 8.97. The molecule has 0 unspecified atom stereocenters. The molecule has 62 heavy (non-hydrogen) atoms. The van der Waals surface area contributed by atoms with Gasteiger partial charge in [-0.3, -0.25) is 0 Å². The third-order valence-electron chi connectivity index (χ3n) is 11.9. The molecule has 2 heterocycles. The lowest BCUT2D eigenvalue weighted by atomic mass is 9.90. The second kappa shape index (κ2) is 16.2. The van der Waals surface area contributed by atoms with Gasteiger partial charge < -0.3 is 0 Å². The van der Waals surface area contributed by atoms with Gasteiger partial charge in [-0.05, 0) is 111 Å². The molecule has 0 saturated heterocycles. The zero-order chi connectivity index (χ0) is 41.2. The topological polar surface area (TPSA) is 38.7 Å². The third kappa shape index (κ3) is 7.20. The van der Waals surface area contributed by atoms with E-state index in [4.69, 9.17) is 15.0 Å². The Kier molecular flexibility index (Phi) is 9.68. The van der Waals surface area contributed by atoms with E-state index in [9.17, 15) is 0 Å². The smallest absolute Gasteiger partial charge is 0.160 e. The fourth-order valence-corrected chi connectivity index (χ4v) is 8.82. The Morgan fingerprint density at radius 2 is 0.871 bits per heavy atom. The average Bonchev–Trinajstić information content (AvgIpc) is 3.37. The summed E-state index contributed by atoms with van der Waals surface area (Å²) in [6, 6.07) is 73.2. The minimum Gasteiger partial charge on any atom is -0.248 e. The van der Waals surface area contributed by atoms with Crippen molar-refractivity contribution in [2.45, 2.75) is 12.8 Å². The molecule has 0 radical (unpaired) electrons. The highest BCUT2D eigenvalue weighted by molar-refractivity contribution is 6.18. The largest absolute Gasteiger partial charge is 0.248 e. The van der Waals surface area contributed by atoms with Crippen LogP contribution in [0.4, 0.5) is 0 Å². The van der Waals surface area contributed by atoms with Crippen LogP contribution < -0.4 is 0 Å². The molecule has 10 aromatic rings. The molecule has 3 nitrogen and oxygen atoms in total. The number of allylic oxidation sites excluding steroid dienone is 4. The molecule has 2 aromatic heterocycles. The number of aromatic nitrogens is 3. The number of fused-ring (bicyclic) bond motifs is 3. The minimum atomic E-state index is 0.689. The van der Waals surface area contributed by atoms with Crippen LogP contribution in [0.1, 0.15) is 18.4 Å². The van der Waals surface area contributed by atoms with Crippen molar-refractivity contribution in [2.24, 2.45) is 0 Å². The fraction of sp³-hybridized carbons (Fsp3) is 0.0339. The van der Waals surface area contributed by atoms with Crippen molar-refractivity contribution in [3.63, 3.8) is 0 Å². The zero-order valence-corrected chi connectivity index (χ0v) is 34.1. The molecule has 11 rings (SSSR count). The van der Waals surface area contributed by atoms with Crippen LogP contribution in [0.15, 0.2) is 224 Å². The summed E-state index contributed by atoms with van der Waals surface area (Å²) in [6.45, 7) is 0. The maximum atomic E-state index is 5.38.